The monoisotopic (exact) mass is 423 g/mol. The van der Waals surface area contributed by atoms with Crippen LogP contribution in [0, 0.1) is 0 Å². The molecular weight excluding hydrogens is 398 g/mol. The summed E-state index contributed by atoms with van der Waals surface area (Å²) < 4.78 is 7.21. The van der Waals surface area contributed by atoms with Crippen molar-refractivity contribution >= 4 is 34.5 Å². The molecule has 4 aliphatic rings. The van der Waals surface area contributed by atoms with Crippen LogP contribution in [0.25, 0.3) is 11.6 Å². The van der Waals surface area contributed by atoms with E-state index in [0.717, 1.165) is 48.6 Å². The van der Waals surface area contributed by atoms with E-state index in [1.165, 1.54) is 37.0 Å². The fourth-order valence-corrected chi connectivity index (χ4v) is 6.08. The van der Waals surface area contributed by atoms with Gasteiger partial charge in [0.15, 0.2) is 5.78 Å². The number of anilines is 1. The summed E-state index contributed by atoms with van der Waals surface area (Å²) in [6, 6.07) is 6.75. The fraction of sp³-hybridized carbons (Fsp3) is 0.478. The van der Waals surface area contributed by atoms with E-state index in [2.05, 4.69) is 21.3 Å². The zero-order chi connectivity index (χ0) is 20.3. The Morgan fingerprint density at radius 1 is 1.20 bits per heavy atom. The van der Waals surface area contributed by atoms with Crippen LogP contribution in [0.15, 0.2) is 23.0 Å². The van der Waals surface area contributed by atoms with Gasteiger partial charge in [0.25, 0.3) is 5.56 Å². The number of aromatic nitrogens is 1. The highest BCUT2D eigenvalue weighted by molar-refractivity contribution is 7.07. The van der Waals surface area contributed by atoms with Gasteiger partial charge < -0.3 is 19.9 Å². The smallest absolute Gasteiger partial charge is 0.266 e. The van der Waals surface area contributed by atoms with Gasteiger partial charge in [-0.05, 0) is 49.5 Å². The van der Waals surface area contributed by atoms with Gasteiger partial charge >= 0.3 is 0 Å². The molecule has 2 aromatic rings. The molecule has 0 atom stereocenters. The molecule has 3 heterocycles. The normalized spacial score (nSPS) is 25.1. The van der Waals surface area contributed by atoms with Crippen LogP contribution in [0.1, 0.15) is 44.1 Å². The van der Waals surface area contributed by atoms with Crippen molar-refractivity contribution in [1.29, 1.82) is 0 Å². The zero-order valence-corrected chi connectivity index (χ0v) is 17.6. The van der Waals surface area contributed by atoms with Crippen molar-refractivity contribution in [3.8, 4) is 5.75 Å². The molecule has 7 heteroatoms. The standard InChI is InChI=1S/C23H25N3O3S/c27-20-16(13-24-23(20)7-8-23)22-25-21(28)19(30-22)12-14-5-6-18-17(11-14)26(9-10-29-18)15-3-1-2-4-15/h5-6,11-12,15,24H,1-4,7-10,13H2,(H,25,28)/b19-12-,22-16+. The van der Waals surface area contributed by atoms with Gasteiger partial charge in [0.05, 0.1) is 22.3 Å². The van der Waals surface area contributed by atoms with E-state index >= 15 is 0 Å². The lowest BCUT2D eigenvalue weighted by atomic mass is 10.1. The van der Waals surface area contributed by atoms with Crippen LogP contribution in [0.4, 0.5) is 5.69 Å². The first kappa shape index (κ1) is 18.4. The molecule has 30 heavy (non-hydrogen) atoms. The average molecular weight is 424 g/mol. The van der Waals surface area contributed by atoms with Crippen LogP contribution < -0.4 is 29.7 Å². The summed E-state index contributed by atoms with van der Waals surface area (Å²) in [7, 11) is 0. The lowest BCUT2D eigenvalue weighted by molar-refractivity contribution is -0.115. The van der Waals surface area contributed by atoms with Gasteiger partial charge in [-0.25, -0.2) is 0 Å². The Morgan fingerprint density at radius 2 is 2.03 bits per heavy atom. The van der Waals surface area contributed by atoms with Gasteiger partial charge in [-0.2, -0.15) is 0 Å². The van der Waals surface area contributed by atoms with E-state index in [1.807, 2.05) is 18.2 Å². The third-order valence-corrected chi connectivity index (χ3v) is 8.02. The third kappa shape index (κ3) is 2.94. The molecule has 0 amide bonds. The molecule has 0 bridgehead atoms. The predicted octanol–water partition coefficient (Wildman–Crippen LogP) is 1.26. The van der Waals surface area contributed by atoms with Crippen molar-refractivity contribution in [2.45, 2.75) is 50.1 Å². The van der Waals surface area contributed by atoms with Crippen LogP contribution in [-0.2, 0) is 4.79 Å². The van der Waals surface area contributed by atoms with E-state index in [-0.39, 0.29) is 16.9 Å². The molecule has 1 saturated heterocycles. The van der Waals surface area contributed by atoms with Crippen LogP contribution in [0.3, 0.4) is 0 Å². The molecule has 1 spiro atoms. The average Bonchev–Trinajstić information content (AvgIpc) is 3.05. The van der Waals surface area contributed by atoms with Gasteiger partial charge in [0.1, 0.15) is 17.0 Å². The molecule has 1 aromatic carbocycles. The summed E-state index contributed by atoms with van der Waals surface area (Å²) in [6.07, 6.45) is 8.80. The number of carbonyl (C=O) groups excluding carboxylic acids is 1. The van der Waals surface area contributed by atoms with Crippen molar-refractivity contribution in [2.75, 3.05) is 24.6 Å². The molecule has 2 saturated carbocycles. The molecule has 2 aliphatic heterocycles. The minimum atomic E-state index is -0.331. The molecule has 156 valence electrons. The van der Waals surface area contributed by atoms with Crippen LogP contribution in [0.5, 0.6) is 5.75 Å². The largest absolute Gasteiger partial charge is 0.490 e. The lowest BCUT2D eigenvalue weighted by Crippen LogP contribution is -2.39. The Labute approximate surface area is 178 Å². The number of nitrogens with one attached hydrogen (secondary N) is 2. The van der Waals surface area contributed by atoms with Crippen LogP contribution >= 0.6 is 11.3 Å². The quantitative estimate of drug-likeness (QED) is 0.761. The summed E-state index contributed by atoms with van der Waals surface area (Å²) in [5, 5.41) is 3.32. The number of aromatic amines is 1. The van der Waals surface area contributed by atoms with Crippen LogP contribution in [0.2, 0.25) is 0 Å². The number of benzene rings is 1. The van der Waals surface area contributed by atoms with Gasteiger partial charge in [-0.1, -0.05) is 18.9 Å². The number of carbonyl (C=O) groups is 1. The Kier molecular flexibility index (Phi) is 4.18. The summed E-state index contributed by atoms with van der Waals surface area (Å²) in [5.41, 5.74) is 2.38. The van der Waals surface area contributed by atoms with Crippen molar-refractivity contribution in [3.05, 3.63) is 43.3 Å². The van der Waals surface area contributed by atoms with Gasteiger partial charge in [0.2, 0.25) is 0 Å². The second kappa shape index (κ2) is 6.82. The molecule has 6 rings (SSSR count). The van der Waals surface area contributed by atoms with E-state index in [1.54, 1.807) is 0 Å². The highest BCUT2D eigenvalue weighted by Crippen LogP contribution is 2.42. The summed E-state index contributed by atoms with van der Waals surface area (Å²) in [6.45, 7) is 2.18. The second-order valence-corrected chi connectivity index (χ2v) is 9.90. The highest BCUT2D eigenvalue weighted by atomic mass is 32.1. The molecule has 0 radical (unpaired) electrons. The number of hydrogen-bond acceptors (Lipinski definition) is 6. The fourth-order valence-electron chi connectivity index (χ4n) is 5.09. The van der Waals surface area contributed by atoms with E-state index in [4.69, 9.17) is 4.74 Å². The van der Waals surface area contributed by atoms with E-state index < -0.39 is 0 Å². The molecular formula is C23H25N3O3S. The molecule has 1 aromatic heterocycles. The first-order valence-corrected chi connectivity index (χ1v) is 11.7. The Balaban J connectivity index is 1.39. The Bertz CT molecular complexity index is 1200. The summed E-state index contributed by atoms with van der Waals surface area (Å²) in [4.78, 5) is 30.6. The SMILES string of the molecule is O=C1/C(=c2\[nH]c(=O)/c(=C/c3ccc4c(c3)N(C3CCCC3)CCO4)s2)CNC12CC2. The Morgan fingerprint density at radius 3 is 2.80 bits per heavy atom. The summed E-state index contributed by atoms with van der Waals surface area (Å²) >= 11 is 1.38. The molecule has 0 unspecified atom stereocenters. The van der Waals surface area contributed by atoms with Gasteiger partial charge in [0, 0.05) is 18.2 Å². The lowest BCUT2D eigenvalue weighted by Gasteiger charge is -2.36. The van der Waals surface area contributed by atoms with Gasteiger partial charge in [-0.15, -0.1) is 11.3 Å². The number of fused-ring (bicyclic) bond motifs is 1. The topological polar surface area (TPSA) is 74.4 Å². The maximum Gasteiger partial charge on any atom is 0.266 e. The van der Waals surface area contributed by atoms with Crippen molar-refractivity contribution in [3.63, 3.8) is 0 Å². The van der Waals surface area contributed by atoms with Crippen molar-refractivity contribution < 1.29 is 9.53 Å². The number of thiazole rings is 1. The zero-order valence-electron chi connectivity index (χ0n) is 16.8. The number of Topliss-reactive ketones (excluding diaryl/α,β-unsaturated/α-hetero) is 1. The number of H-pyrrole nitrogens is 1. The van der Waals surface area contributed by atoms with E-state index in [9.17, 15) is 9.59 Å². The molecule has 2 aliphatic carbocycles. The minimum absolute atomic E-state index is 0.131. The number of hydrogen-bond donors (Lipinski definition) is 2. The van der Waals surface area contributed by atoms with Gasteiger partial charge in [-0.3, -0.25) is 9.59 Å². The Hall–Kier alpha value is -2.38. The number of ether oxygens (including phenoxy) is 1. The third-order valence-electron chi connectivity index (χ3n) is 6.94. The highest BCUT2D eigenvalue weighted by Gasteiger charge is 2.54. The van der Waals surface area contributed by atoms with Crippen molar-refractivity contribution in [2.24, 2.45) is 0 Å². The predicted molar refractivity (Wildman–Crippen MR) is 118 cm³/mol. The number of rotatable bonds is 2. The maximum absolute atomic E-state index is 12.6. The first-order chi connectivity index (χ1) is 14.6. The van der Waals surface area contributed by atoms with E-state index in [0.29, 0.717) is 21.8 Å². The molecule has 3 fully saturated rings. The number of ketones is 1. The second-order valence-electron chi connectivity index (χ2n) is 8.84. The first-order valence-electron chi connectivity index (χ1n) is 10.9. The minimum Gasteiger partial charge on any atom is -0.490 e. The maximum atomic E-state index is 12.6. The number of nitrogens with zero attached hydrogens (tertiary/aromatic N) is 1. The van der Waals surface area contributed by atoms with Crippen LogP contribution in [-0.4, -0.2) is 42.0 Å². The molecule has 2 N–H and O–H groups in total. The van der Waals surface area contributed by atoms with Crippen molar-refractivity contribution in [1.82, 2.24) is 10.3 Å². The molecule has 6 nitrogen and oxygen atoms in total. The summed E-state index contributed by atoms with van der Waals surface area (Å²) in [5.74, 6) is 1.09.